The number of pyridine rings is 1. The summed E-state index contributed by atoms with van der Waals surface area (Å²) in [6.07, 6.45) is -0.123. The molecule has 6 nitrogen and oxygen atoms in total. The van der Waals surface area contributed by atoms with E-state index in [-0.39, 0.29) is 11.4 Å². The monoisotopic (exact) mass is 362 g/mol. The molecule has 0 saturated carbocycles. The lowest BCUT2D eigenvalue weighted by atomic mass is 10.2. The van der Waals surface area contributed by atoms with Gasteiger partial charge in [-0.05, 0) is 24.3 Å². The number of hydrogen-bond acceptors (Lipinski definition) is 4. The number of alkyl halides is 3. The number of amides is 1. The molecule has 0 bridgehead atoms. The number of methoxy groups -OCH3 is 1. The summed E-state index contributed by atoms with van der Waals surface area (Å²) in [5.74, 6) is -0.118. The molecule has 26 heavy (non-hydrogen) atoms. The quantitative estimate of drug-likeness (QED) is 0.771. The Morgan fingerprint density at radius 1 is 1.23 bits per heavy atom. The number of halogens is 3. The average molecular weight is 362 g/mol. The minimum absolute atomic E-state index is 0.0355. The fraction of sp³-hybridized carbons (Fsp3) is 0.118. The second-order valence-electron chi connectivity index (χ2n) is 5.22. The molecule has 0 saturated heterocycles. The highest BCUT2D eigenvalue weighted by molar-refractivity contribution is 6.03. The van der Waals surface area contributed by atoms with Crippen LogP contribution in [0.3, 0.4) is 0 Å². The summed E-state index contributed by atoms with van der Waals surface area (Å²) in [6, 6.07) is 7.65. The summed E-state index contributed by atoms with van der Waals surface area (Å²) in [6.45, 7) is 0. The van der Waals surface area contributed by atoms with Crippen LogP contribution in [0.5, 0.6) is 5.75 Å². The second kappa shape index (κ2) is 6.87. The maximum absolute atomic E-state index is 12.8. The minimum Gasteiger partial charge on any atom is -0.494 e. The number of nitrogens with zero attached hydrogens (tertiary/aromatic N) is 3. The van der Waals surface area contributed by atoms with Crippen molar-refractivity contribution in [1.29, 1.82) is 0 Å². The van der Waals surface area contributed by atoms with Gasteiger partial charge < -0.3 is 10.1 Å². The number of carbonyl (C=O) groups is 1. The molecule has 3 rings (SSSR count). The van der Waals surface area contributed by atoms with E-state index in [1.54, 1.807) is 6.07 Å². The Bertz CT molecular complexity index is 938. The molecule has 2 heterocycles. The molecule has 1 aromatic carbocycles. The molecule has 0 atom stereocenters. The Morgan fingerprint density at radius 3 is 2.77 bits per heavy atom. The van der Waals surface area contributed by atoms with E-state index < -0.39 is 17.6 Å². The highest BCUT2D eigenvalue weighted by Gasteiger charge is 2.30. The lowest BCUT2D eigenvalue weighted by molar-refractivity contribution is -0.137. The topological polar surface area (TPSA) is 69.0 Å². The van der Waals surface area contributed by atoms with E-state index in [9.17, 15) is 18.0 Å². The predicted octanol–water partition coefficient (Wildman–Crippen LogP) is 3.55. The Labute approximate surface area is 146 Å². The van der Waals surface area contributed by atoms with Crippen LogP contribution >= 0.6 is 0 Å². The van der Waals surface area contributed by atoms with Crippen molar-refractivity contribution in [2.75, 3.05) is 12.4 Å². The van der Waals surface area contributed by atoms with E-state index in [0.29, 0.717) is 11.4 Å². The van der Waals surface area contributed by atoms with Crippen molar-refractivity contribution in [3.8, 4) is 11.4 Å². The normalized spacial score (nSPS) is 11.2. The van der Waals surface area contributed by atoms with Crippen LogP contribution in [0.1, 0.15) is 16.1 Å². The highest BCUT2D eigenvalue weighted by Crippen LogP contribution is 2.30. The fourth-order valence-electron chi connectivity index (χ4n) is 2.25. The minimum atomic E-state index is -4.46. The van der Waals surface area contributed by atoms with Crippen molar-refractivity contribution in [2.24, 2.45) is 0 Å². The molecule has 0 aliphatic carbocycles. The Balaban J connectivity index is 1.83. The van der Waals surface area contributed by atoms with Crippen LogP contribution in [0.15, 0.2) is 55.0 Å². The first-order valence-corrected chi connectivity index (χ1v) is 7.41. The van der Waals surface area contributed by atoms with Gasteiger partial charge in [-0.25, -0.2) is 4.68 Å². The fourth-order valence-corrected chi connectivity index (χ4v) is 2.25. The van der Waals surface area contributed by atoms with Gasteiger partial charge in [-0.3, -0.25) is 9.78 Å². The van der Waals surface area contributed by atoms with Crippen molar-refractivity contribution in [3.05, 3.63) is 66.2 Å². The predicted molar refractivity (Wildman–Crippen MR) is 87.3 cm³/mol. The van der Waals surface area contributed by atoms with E-state index in [1.807, 2.05) is 0 Å². The zero-order valence-electron chi connectivity index (χ0n) is 13.5. The number of nitrogens with one attached hydrogen (secondary N) is 1. The summed E-state index contributed by atoms with van der Waals surface area (Å²) in [4.78, 5) is 16.2. The molecule has 0 spiro atoms. The molecule has 0 radical (unpaired) electrons. The smallest absolute Gasteiger partial charge is 0.416 e. The standard InChI is InChI=1S/C17H13F3N4O2/c1-26-15-5-7-21-10-14(15)22-16(25)13-6-8-24(23-13)12-4-2-3-11(9-12)17(18,19)20/h2-10H,1H3,(H,22,25). The Hall–Kier alpha value is -3.36. The summed E-state index contributed by atoms with van der Waals surface area (Å²) in [7, 11) is 1.45. The molecular weight excluding hydrogens is 349 g/mol. The summed E-state index contributed by atoms with van der Waals surface area (Å²) in [5.41, 5.74) is -0.212. The van der Waals surface area contributed by atoms with E-state index in [2.05, 4.69) is 15.4 Å². The first kappa shape index (κ1) is 17.5. The molecule has 0 aliphatic heterocycles. The van der Waals surface area contributed by atoms with Gasteiger partial charge in [0, 0.05) is 18.5 Å². The Kier molecular flexibility index (Phi) is 4.61. The zero-order chi connectivity index (χ0) is 18.7. The largest absolute Gasteiger partial charge is 0.494 e. The van der Waals surface area contributed by atoms with Gasteiger partial charge in [0.05, 0.1) is 24.6 Å². The van der Waals surface area contributed by atoms with Crippen LogP contribution in [0.25, 0.3) is 5.69 Å². The van der Waals surface area contributed by atoms with Crippen LogP contribution < -0.4 is 10.1 Å². The van der Waals surface area contributed by atoms with Gasteiger partial charge in [0.2, 0.25) is 0 Å². The Morgan fingerprint density at radius 2 is 2.04 bits per heavy atom. The summed E-state index contributed by atoms with van der Waals surface area (Å²) in [5, 5.41) is 6.63. The molecule has 1 N–H and O–H groups in total. The maximum Gasteiger partial charge on any atom is 0.416 e. The molecule has 9 heteroatoms. The number of anilines is 1. The maximum atomic E-state index is 12.8. The zero-order valence-corrected chi connectivity index (χ0v) is 13.5. The highest BCUT2D eigenvalue weighted by atomic mass is 19.4. The second-order valence-corrected chi connectivity index (χ2v) is 5.22. The molecular formula is C17H13F3N4O2. The van der Waals surface area contributed by atoms with Crippen LogP contribution in [0.2, 0.25) is 0 Å². The summed E-state index contributed by atoms with van der Waals surface area (Å²) < 4.78 is 44.8. The van der Waals surface area contributed by atoms with E-state index >= 15 is 0 Å². The molecule has 2 aromatic heterocycles. The third-order valence-electron chi connectivity index (χ3n) is 3.51. The van der Waals surface area contributed by atoms with E-state index in [4.69, 9.17) is 4.74 Å². The van der Waals surface area contributed by atoms with Crippen LogP contribution in [-0.2, 0) is 6.18 Å². The van der Waals surface area contributed by atoms with Gasteiger partial charge in [-0.1, -0.05) is 6.07 Å². The molecule has 3 aromatic rings. The number of rotatable bonds is 4. The third-order valence-corrected chi connectivity index (χ3v) is 3.51. The van der Waals surface area contributed by atoms with Crippen molar-refractivity contribution in [2.45, 2.75) is 6.18 Å². The van der Waals surface area contributed by atoms with E-state index in [0.717, 1.165) is 12.1 Å². The van der Waals surface area contributed by atoms with Crippen LogP contribution in [0, 0.1) is 0 Å². The molecule has 0 aliphatic rings. The molecule has 1 amide bonds. The molecule has 0 fully saturated rings. The first-order valence-electron chi connectivity index (χ1n) is 7.41. The third kappa shape index (κ3) is 3.66. The number of aromatic nitrogens is 3. The SMILES string of the molecule is COc1ccncc1NC(=O)c1ccn(-c2cccc(C(F)(F)F)c2)n1. The van der Waals surface area contributed by atoms with Gasteiger partial charge in [-0.15, -0.1) is 0 Å². The number of ether oxygens (including phenoxy) is 1. The number of benzene rings is 1. The van der Waals surface area contributed by atoms with Crippen molar-refractivity contribution >= 4 is 11.6 Å². The summed E-state index contributed by atoms with van der Waals surface area (Å²) >= 11 is 0. The number of hydrogen-bond donors (Lipinski definition) is 1. The van der Waals surface area contributed by atoms with Crippen molar-refractivity contribution in [1.82, 2.24) is 14.8 Å². The first-order chi connectivity index (χ1) is 12.4. The van der Waals surface area contributed by atoms with Gasteiger partial charge in [0.15, 0.2) is 5.69 Å². The van der Waals surface area contributed by atoms with Gasteiger partial charge in [0.25, 0.3) is 5.91 Å². The van der Waals surface area contributed by atoms with Gasteiger partial charge in [-0.2, -0.15) is 18.3 Å². The van der Waals surface area contributed by atoms with Crippen molar-refractivity contribution < 1.29 is 22.7 Å². The lowest BCUT2D eigenvalue weighted by Crippen LogP contribution is -2.14. The van der Waals surface area contributed by atoms with E-state index in [1.165, 1.54) is 48.6 Å². The number of carbonyl (C=O) groups excluding carboxylic acids is 1. The van der Waals surface area contributed by atoms with Gasteiger partial charge >= 0.3 is 6.18 Å². The average Bonchev–Trinajstić information content (AvgIpc) is 3.12. The van der Waals surface area contributed by atoms with Crippen LogP contribution in [0.4, 0.5) is 18.9 Å². The van der Waals surface area contributed by atoms with Crippen molar-refractivity contribution in [3.63, 3.8) is 0 Å². The lowest BCUT2D eigenvalue weighted by Gasteiger charge is -2.09. The molecule has 0 unspecified atom stereocenters. The van der Waals surface area contributed by atoms with Gasteiger partial charge in [0.1, 0.15) is 11.4 Å². The molecule has 134 valence electrons. The van der Waals surface area contributed by atoms with Crippen LogP contribution in [-0.4, -0.2) is 27.8 Å².